The number of hydrogen-bond acceptors (Lipinski definition) is 3. The molecule has 1 rings (SSSR count). The maximum absolute atomic E-state index is 10.7. The number of halogens is 1. The van der Waals surface area contributed by atoms with Crippen molar-refractivity contribution in [2.75, 3.05) is 0 Å². The van der Waals surface area contributed by atoms with Crippen LogP contribution < -0.4 is 0 Å². The standard InChI is InChI=1S/C11H11BrO5/c12-9-6(4-5-8(13)14)2-1-3-7(9)10(15)11(16)17/h1-3,10,15H,4-5H2,(H,13,14)(H,16,17). The van der Waals surface area contributed by atoms with Crippen LogP contribution in [0.1, 0.15) is 23.7 Å². The summed E-state index contributed by atoms with van der Waals surface area (Å²) in [5.74, 6) is -2.28. The smallest absolute Gasteiger partial charge is 0.337 e. The van der Waals surface area contributed by atoms with Crippen molar-refractivity contribution in [2.24, 2.45) is 0 Å². The number of aliphatic carboxylic acids is 2. The SMILES string of the molecule is O=C(O)CCc1cccc(C(O)C(=O)O)c1Br. The van der Waals surface area contributed by atoms with Crippen LogP contribution in [-0.2, 0) is 16.0 Å². The molecule has 6 heteroatoms. The first-order valence-corrected chi connectivity index (χ1v) is 5.62. The van der Waals surface area contributed by atoms with Gasteiger partial charge >= 0.3 is 11.9 Å². The lowest BCUT2D eigenvalue weighted by molar-refractivity contribution is -0.147. The first-order valence-electron chi connectivity index (χ1n) is 4.83. The molecule has 0 fully saturated rings. The number of carbonyl (C=O) groups is 2. The van der Waals surface area contributed by atoms with Crippen LogP contribution in [0.3, 0.4) is 0 Å². The van der Waals surface area contributed by atoms with Gasteiger partial charge in [-0.3, -0.25) is 4.79 Å². The zero-order valence-corrected chi connectivity index (χ0v) is 10.3. The number of carboxylic acid groups (broad SMARTS) is 2. The van der Waals surface area contributed by atoms with Gasteiger partial charge in [-0.1, -0.05) is 34.1 Å². The van der Waals surface area contributed by atoms with E-state index in [1.165, 1.54) is 6.07 Å². The van der Waals surface area contributed by atoms with E-state index in [-0.39, 0.29) is 18.4 Å². The third kappa shape index (κ3) is 3.54. The Hall–Kier alpha value is -1.40. The minimum absolute atomic E-state index is 0.0504. The molecule has 0 saturated carbocycles. The molecule has 0 saturated heterocycles. The van der Waals surface area contributed by atoms with Gasteiger partial charge in [-0.15, -0.1) is 0 Å². The van der Waals surface area contributed by atoms with E-state index in [1.54, 1.807) is 12.1 Å². The largest absolute Gasteiger partial charge is 0.481 e. The summed E-state index contributed by atoms with van der Waals surface area (Å²) in [5.41, 5.74) is 0.880. The Morgan fingerprint density at radius 3 is 2.47 bits per heavy atom. The summed E-state index contributed by atoms with van der Waals surface area (Å²) in [7, 11) is 0. The van der Waals surface area contributed by atoms with Crippen molar-refractivity contribution >= 4 is 27.9 Å². The van der Waals surface area contributed by atoms with Gasteiger partial charge in [0.1, 0.15) is 0 Å². The molecule has 0 amide bonds. The lowest BCUT2D eigenvalue weighted by atomic mass is 10.0. The molecule has 0 bridgehead atoms. The highest BCUT2D eigenvalue weighted by molar-refractivity contribution is 9.10. The van der Waals surface area contributed by atoms with Gasteiger partial charge in [0.15, 0.2) is 6.10 Å². The van der Waals surface area contributed by atoms with Gasteiger partial charge in [-0.25, -0.2) is 4.79 Å². The Bertz CT molecular complexity index is 443. The predicted molar refractivity (Wildman–Crippen MR) is 62.7 cm³/mol. The molecule has 5 nitrogen and oxygen atoms in total. The van der Waals surface area contributed by atoms with Gasteiger partial charge < -0.3 is 15.3 Å². The number of hydrogen-bond donors (Lipinski definition) is 3. The van der Waals surface area contributed by atoms with E-state index in [0.717, 1.165) is 0 Å². The number of carboxylic acids is 2. The van der Waals surface area contributed by atoms with Crippen molar-refractivity contribution in [1.82, 2.24) is 0 Å². The van der Waals surface area contributed by atoms with Gasteiger partial charge in [-0.2, -0.15) is 0 Å². The molecule has 0 aliphatic heterocycles. The fraction of sp³-hybridized carbons (Fsp3) is 0.273. The Morgan fingerprint density at radius 1 is 1.29 bits per heavy atom. The Balaban J connectivity index is 2.98. The summed E-state index contributed by atoms with van der Waals surface area (Å²) in [5, 5.41) is 26.7. The van der Waals surface area contributed by atoms with Crippen molar-refractivity contribution in [3.05, 3.63) is 33.8 Å². The van der Waals surface area contributed by atoms with Crippen LogP contribution in [0.4, 0.5) is 0 Å². The molecule has 3 N–H and O–H groups in total. The molecule has 1 unspecified atom stereocenters. The number of aliphatic hydroxyl groups is 1. The first kappa shape index (κ1) is 13.7. The minimum atomic E-state index is -1.62. The average Bonchev–Trinajstić information content (AvgIpc) is 2.26. The van der Waals surface area contributed by atoms with Crippen molar-refractivity contribution < 1.29 is 24.9 Å². The van der Waals surface area contributed by atoms with Crippen LogP contribution >= 0.6 is 15.9 Å². The van der Waals surface area contributed by atoms with Crippen LogP contribution in [0.25, 0.3) is 0 Å². The average molecular weight is 303 g/mol. The number of aryl methyl sites for hydroxylation is 1. The molecule has 17 heavy (non-hydrogen) atoms. The first-order chi connectivity index (χ1) is 7.93. The number of aliphatic hydroxyl groups excluding tert-OH is 1. The zero-order chi connectivity index (χ0) is 13.0. The van der Waals surface area contributed by atoms with Crippen molar-refractivity contribution in [3.8, 4) is 0 Å². The quantitative estimate of drug-likeness (QED) is 0.767. The number of benzene rings is 1. The van der Waals surface area contributed by atoms with Crippen molar-refractivity contribution in [2.45, 2.75) is 18.9 Å². The number of rotatable bonds is 5. The molecule has 0 heterocycles. The highest BCUT2D eigenvalue weighted by atomic mass is 79.9. The maximum Gasteiger partial charge on any atom is 0.337 e. The van der Waals surface area contributed by atoms with Crippen molar-refractivity contribution in [3.63, 3.8) is 0 Å². The molecule has 0 aliphatic carbocycles. The molecule has 0 aliphatic rings. The predicted octanol–water partition coefficient (Wildman–Crippen LogP) is 1.58. The molecular formula is C11H11BrO5. The van der Waals surface area contributed by atoms with Crippen LogP contribution in [0.5, 0.6) is 0 Å². The summed E-state index contributed by atoms with van der Waals surface area (Å²) in [6.07, 6.45) is -1.39. The second kappa shape index (κ2) is 5.79. The molecule has 1 aromatic rings. The molecular weight excluding hydrogens is 292 g/mol. The van der Waals surface area contributed by atoms with E-state index in [9.17, 15) is 14.7 Å². The molecule has 92 valence electrons. The zero-order valence-electron chi connectivity index (χ0n) is 8.76. The fourth-order valence-electron chi connectivity index (χ4n) is 1.38. The minimum Gasteiger partial charge on any atom is -0.481 e. The van der Waals surface area contributed by atoms with E-state index in [4.69, 9.17) is 10.2 Å². The second-order valence-electron chi connectivity index (χ2n) is 3.45. The third-order valence-corrected chi connectivity index (χ3v) is 3.21. The van der Waals surface area contributed by atoms with Crippen LogP contribution in [0.2, 0.25) is 0 Å². The molecule has 0 spiro atoms. The maximum atomic E-state index is 10.7. The van der Waals surface area contributed by atoms with E-state index in [2.05, 4.69) is 15.9 Å². The summed E-state index contributed by atoms with van der Waals surface area (Å²) in [4.78, 5) is 21.1. The van der Waals surface area contributed by atoms with Gasteiger partial charge in [0.2, 0.25) is 0 Å². The Kier molecular flexibility index (Phi) is 4.65. The van der Waals surface area contributed by atoms with Crippen LogP contribution in [-0.4, -0.2) is 27.3 Å². The lowest BCUT2D eigenvalue weighted by Crippen LogP contribution is -2.12. The third-order valence-electron chi connectivity index (χ3n) is 2.25. The van der Waals surface area contributed by atoms with Crippen molar-refractivity contribution in [1.29, 1.82) is 0 Å². The fourth-order valence-corrected chi connectivity index (χ4v) is 2.06. The summed E-state index contributed by atoms with van der Waals surface area (Å²) < 4.78 is 0.441. The Morgan fingerprint density at radius 2 is 1.94 bits per heavy atom. The van der Waals surface area contributed by atoms with Crippen LogP contribution in [0.15, 0.2) is 22.7 Å². The summed E-state index contributed by atoms with van der Waals surface area (Å²) in [6, 6.07) is 4.75. The molecule has 0 radical (unpaired) electrons. The normalized spacial score (nSPS) is 12.1. The van der Waals surface area contributed by atoms with Gasteiger partial charge in [-0.05, 0) is 12.0 Å². The molecule has 1 atom stereocenters. The van der Waals surface area contributed by atoms with Gasteiger partial charge in [0, 0.05) is 16.5 Å². The lowest BCUT2D eigenvalue weighted by Gasteiger charge is -2.11. The molecule has 0 aromatic heterocycles. The topological polar surface area (TPSA) is 94.8 Å². The summed E-state index contributed by atoms with van der Waals surface area (Å²) >= 11 is 3.18. The van der Waals surface area contributed by atoms with E-state index in [1.807, 2.05) is 0 Å². The monoisotopic (exact) mass is 302 g/mol. The summed E-state index contributed by atoms with van der Waals surface area (Å²) in [6.45, 7) is 0. The second-order valence-corrected chi connectivity index (χ2v) is 4.25. The highest BCUT2D eigenvalue weighted by Gasteiger charge is 2.20. The highest BCUT2D eigenvalue weighted by Crippen LogP contribution is 2.28. The van der Waals surface area contributed by atoms with E-state index in [0.29, 0.717) is 10.0 Å². The van der Waals surface area contributed by atoms with Gasteiger partial charge in [0.25, 0.3) is 0 Å². The van der Waals surface area contributed by atoms with E-state index >= 15 is 0 Å². The van der Waals surface area contributed by atoms with Gasteiger partial charge in [0.05, 0.1) is 0 Å². The molecule has 1 aromatic carbocycles. The van der Waals surface area contributed by atoms with Crippen LogP contribution in [0, 0.1) is 0 Å². The Labute approximate surface area is 106 Å². The van der Waals surface area contributed by atoms with E-state index < -0.39 is 18.0 Å².